The van der Waals surface area contributed by atoms with Crippen molar-refractivity contribution in [3.63, 3.8) is 0 Å². The van der Waals surface area contributed by atoms with Crippen LogP contribution >= 0.6 is 15.9 Å². The van der Waals surface area contributed by atoms with Gasteiger partial charge in [0.25, 0.3) is 15.7 Å². The molecule has 21 heavy (non-hydrogen) atoms. The fourth-order valence-corrected chi connectivity index (χ4v) is 3.39. The van der Waals surface area contributed by atoms with E-state index in [9.17, 15) is 18.5 Å². The molecule has 110 valence electrons. The molecule has 0 aromatic heterocycles. The highest BCUT2D eigenvalue weighted by atomic mass is 79.9. The van der Waals surface area contributed by atoms with E-state index < -0.39 is 14.9 Å². The van der Waals surface area contributed by atoms with Crippen molar-refractivity contribution >= 4 is 37.3 Å². The summed E-state index contributed by atoms with van der Waals surface area (Å²) in [5.41, 5.74) is 0.325. The maximum absolute atomic E-state index is 12.3. The van der Waals surface area contributed by atoms with E-state index in [1.807, 2.05) is 0 Å². The molecule has 0 spiro atoms. The van der Waals surface area contributed by atoms with E-state index in [0.29, 0.717) is 10.0 Å². The van der Waals surface area contributed by atoms with Crippen LogP contribution in [0.15, 0.2) is 51.8 Å². The van der Waals surface area contributed by atoms with Crippen LogP contribution in [-0.4, -0.2) is 13.3 Å². The van der Waals surface area contributed by atoms with Crippen LogP contribution in [0.1, 0.15) is 5.56 Å². The number of hydrogen-bond acceptors (Lipinski definition) is 4. The zero-order valence-corrected chi connectivity index (χ0v) is 13.3. The van der Waals surface area contributed by atoms with Crippen molar-refractivity contribution in [2.45, 2.75) is 11.8 Å². The number of nitrogens with one attached hydrogen (secondary N) is 1. The van der Waals surface area contributed by atoms with E-state index >= 15 is 0 Å². The second kappa shape index (κ2) is 5.82. The lowest BCUT2D eigenvalue weighted by Crippen LogP contribution is -2.14. The molecule has 6 nitrogen and oxygen atoms in total. The Bertz CT molecular complexity index is 806. The van der Waals surface area contributed by atoms with Crippen molar-refractivity contribution < 1.29 is 13.3 Å². The van der Waals surface area contributed by atoms with Gasteiger partial charge in [0, 0.05) is 10.5 Å². The van der Waals surface area contributed by atoms with Gasteiger partial charge in [-0.25, -0.2) is 8.42 Å². The largest absolute Gasteiger partial charge is 0.293 e. The third-order valence-electron chi connectivity index (χ3n) is 2.70. The summed E-state index contributed by atoms with van der Waals surface area (Å²) in [6, 6.07) is 10.4. The van der Waals surface area contributed by atoms with Crippen molar-refractivity contribution in [2.75, 3.05) is 4.72 Å². The molecular weight excluding hydrogens is 360 g/mol. The molecule has 0 aliphatic heterocycles. The molecule has 0 saturated carbocycles. The molecule has 8 heteroatoms. The van der Waals surface area contributed by atoms with Gasteiger partial charge < -0.3 is 0 Å². The van der Waals surface area contributed by atoms with Crippen LogP contribution in [0, 0.1) is 17.0 Å². The molecule has 0 aliphatic carbocycles. The molecule has 0 bridgehead atoms. The van der Waals surface area contributed by atoms with E-state index in [1.54, 1.807) is 25.1 Å². The van der Waals surface area contributed by atoms with Gasteiger partial charge in [-0.2, -0.15) is 0 Å². The molecular formula is C13H11BrN2O4S. The highest BCUT2D eigenvalue weighted by Crippen LogP contribution is 2.28. The van der Waals surface area contributed by atoms with Crippen molar-refractivity contribution in [1.29, 1.82) is 0 Å². The van der Waals surface area contributed by atoms with Gasteiger partial charge in [-0.1, -0.05) is 28.1 Å². The number of benzene rings is 2. The van der Waals surface area contributed by atoms with Crippen molar-refractivity contribution in [2.24, 2.45) is 0 Å². The number of aryl methyl sites for hydroxylation is 1. The van der Waals surface area contributed by atoms with Crippen LogP contribution in [0.2, 0.25) is 0 Å². The SMILES string of the molecule is Cc1ccc(NS(=O)(=O)c2cccc(Br)c2)c([N+](=O)[O-])c1. The summed E-state index contributed by atoms with van der Waals surface area (Å²) in [7, 11) is -3.89. The molecule has 0 aliphatic rings. The lowest BCUT2D eigenvalue weighted by molar-refractivity contribution is -0.383. The number of halogens is 1. The number of nitro benzene ring substituents is 1. The summed E-state index contributed by atoms with van der Waals surface area (Å²) in [4.78, 5) is 10.4. The molecule has 2 aromatic carbocycles. The van der Waals surface area contributed by atoms with Gasteiger partial charge in [0.05, 0.1) is 9.82 Å². The monoisotopic (exact) mass is 370 g/mol. The Morgan fingerprint density at radius 3 is 2.52 bits per heavy atom. The number of rotatable bonds is 4. The highest BCUT2D eigenvalue weighted by Gasteiger charge is 2.21. The third-order valence-corrected chi connectivity index (χ3v) is 4.56. The first-order valence-corrected chi connectivity index (χ1v) is 8.10. The van der Waals surface area contributed by atoms with E-state index in [-0.39, 0.29) is 16.3 Å². The zero-order chi connectivity index (χ0) is 15.6. The quantitative estimate of drug-likeness (QED) is 0.658. The van der Waals surface area contributed by atoms with Gasteiger partial charge in [0.15, 0.2) is 0 Å². The summed E-state index contributed by atoms with van der Waals surface area (Å²) >= 11 is 3.19. The average molecular weight is 371 g/mol. The summed E-state index contributed by atoms with van der Waals surface area (Å²) in [5.74, 6) is 0. The molecule has 0 amide bonds. The average Bonchev–Trinajstić information content (AvgIpc) is 2.40. The van der Waals surface area contributed by atoms with Crippen LogP contribution in [0.4, 0.5) is 11.4 Å². The van der Waals surface area contributed by atoms with Gasteiger partial charge in [-0.3, -0.25) is 14.8 Å². The van der Waals surface area contributed by atoms with Crippen LogP contribution in [0.25, 0.3) is 0 Å². The van der Waals surface area contributed by atoms with Gasteiger partial charge in [0.2, 0.25) is 0 Å². The third kappa shape index (κ3) is 3.59. The second-order valence-corrected chi connectivity index (χ2v) is 6.94. The Kier molecular flexibility index (Phi) is 4.29. The first-order valence-electron chi connectivity index (χ1n) is 5.83. The maximum atomic E-state index is 12.3. The predicted octanol–water partition coefficient (Wildman–Crippen LogP) is 3.47. The summed E-state index contributed by atoms with van der Waals surface area (Å²) < 4.78 is 27.4. The van der Waals surface area contributed by atoms with E-state index in [1.165, 1.54) is 24.3 Å². The van der Waals surface area contributed by atoms with Gasteiger partial charge in [-0.15, -0.1) is 0 Å². The van der Waals surface area contributed by atoms with Crippen molar-refractivity contribution in [3.8, 4) is 0 Å². The fraction of sp³-hybridized carbons (Fsp3) is 0.0769. The molecule has 2 rings (SSSR count). The summed E-state index contributed by atoms with van der Waals surface area (Å²) in [6.45, 7) is 1.69. The fourth-order valence-electron chi connectivity index (χ4n) is 1.72. The van der Waals surface area contributed by atoms with Gasteiger partial charge >= 0.3 is 0 Å². The maximum Gasteiger partial charge on any atom is 0.293 e. The summed E-state index contributed by atoms with van der Waals surface area (Å²) in [6.07, 6.45) is 0. The van der Waals surface area contributed by atoms with Crippen LogP contribution in [-0.2, 0) is 10.0 Å². The Balaban J connectivity index is 2.44. The first-order chi connectivity index (χ1) is 9.79. The normalized spacial score (nSPS) is 11.1. The molecule has 0 saturated heterocycles. The molecule has 1 N–H and O–H groups in total. The number of nitrogens with zero attached hydrogens (tertiary/aromatic N) is 1. The standard InChI is InChI=1S/C13H11BrN2O4S/c1-9-5-6-12(13(7-9)16(17)18)15-21(19,20)11-4-2-3-10(14)8-11/h2-8,15H,1H3. The van der Waals surface area contributed by atoms with Crippen LogP contribution in [0.3, 0.4) is 0 Å². The molecule has 0 radical (unpaired) electrons. The lowest BCUT2D eigenvalue weighted by atomic mass is 10.2. The van der Waals surface area contributed by atoms with Crippen LogP contribution in [0.5, 0.6) is 0 Å². The second-order valence-electron chi connectivity index (χ2n) is 4.34. The minimum absolute atomic E-state index is 0.0201. The minimum Gasteiger partial charge on any atom is -0.273 e. The van der Waals surface area contributed by atoms with E-state index in [0.717, 1.165) is 0 Å². The highest BCUT2D eigenvalue weighted by molar-refractivity contribution is 9.10. The predicted molar refractivity (Wildman–Crippen MR) is 82.8 cm³/mol. The Morgan fingerprint density at radius 1 is 1.19 bits per heavy atom. The van der Waals surface area contributed by atoms with Crippen LogP contribution < -0.4 is 4.72 Å². The number of sulfonamides is 1. The molecule has 2 aromatic rings. The lowest BCUT2D eigenvalue weighted by Gasteiger charge is -2.09. The van der Waals surface area contributed by atoms with Gasteiger partial charge in [-0.05, 0) is 36.8 Å². The molecule has 0 heterocycles. The molecule has 0 fully saturated rings. The first kappa shape index (κ1) is 15.5. The van der Waals surface area contributed by atoms with Gasteiger partial charge in [0.1, 0.15) is 5.69 Å². The molecule has 0 unspecified atom stereocenters. The van der Waals surface area contributed by atoms with E-state index in [4.69, 9.17) is 0 Å². The number of anilines is 1. The number of nitro groups is 1. The van der Waals surface area contributed by atoms with Crippen molar-refractivity contribution in [1.82, 2.24) is 0 Å². The Labute approximate surface area is 130 Å². The molecule has 0 atom stereocenters. The Hall–Kier alpha value is -1.93. The zero-order valence-electron chi connectivity index (χ0n) is 10.9. The minimum atomic E-state index is -3.89. The smallest absolute Gasteiger partial charge is 0.273 e. The summed E-state index contributed by atoms with van der Waals surface area (Å²) in [5, 5.41) is 11.0. The van der Waals surface area contributed by atoms with Crippen molar-refractivity contribution in [3.05, 3.63) is 62.6 Å². The topological polar surface area (TPSA) is 89.3 Å². The Morgan fingerprint density at radius 2 is 1.90 bits per heavy atom. The van der Waals surface area contributed by atoms with E-state index in [2.05, 4.69) is 20.7 Å². The number of hydrogen-bond donors (Lipinski definition) is 1.